The minimum Gasteiger partial charge on any atom is -0.313 e. The first kappa shape index (κ1) is 22.5. The Morgan fingerprint density at radius 3 is 1.68 bits per heavy atom. The molecule has 0 bridgehead atoms. The van der Waals surface area contributed by atoms with Gasteiger partial charge in [-0.25, -0.2) is 9.97 Å². The lowest BCUT2D eigenvalue weighted by Gasteiger charge is -2.13. The van der Waals surface area contributed by atoms with Crippen LogP contribution >= 0.6 is 0 Å². The predicted molar refractivity (Wildman–Crippen MR) is 164 cm³/mol. The van der Waals surface area contributed by atoms with E-state index in [0.29, 0.717) is 5.95 Å². The minimum absolute atomic E-state index is 0.665. The van der Waals surface area contributed by atoms with Gasteiger partial charge in [-0.15, -0.1) is 0 Å². The highest BCUT2D eigenvalue weighted by Gasteiger charge is 2.19. The first-order valence-electron chi connectivity index (χ1n) is 13.4. The number of aromatic nitrogens is 4. The summed E-state index contributed by atoms with van der Waals surface area (Å²) in [6.45, 7) is 0. The lowest BCUT2D eigenvalue weighted by Crippen LogP contribution is -2.04. The molecular formula is C36H24N4. The Balaban J connectivity index is 1.41. The second kappa shape index (κ2) is 9.07. The van der Waals surface area contributed by atoms with Gasteiger partial charge in [0.1, 0.15) is 5.69 Å². The molecule has 0 saturated heterocycles. The fraction of sp³-hybridized carbons (Fsp3) is 0. The Kier molecular flexibility index (Phi) is 5.10. The van der Waals surface area contributed by atoms with Crippen LogP contribution in [0.25, 0.3) is 66.9 Å². The Hall–Kier alpha value is -5.48. The van der Waals surface area contributed by atoms with Gasteiger partial charge in [0.2, 0.25) is 5.95 Å². The van der Waals surface area contributed by atoms with Crippen molar-refractivity contribution in [2.75, 3.05) is 0 Å². The van der Waals surface area contributed by atoms with Crippen LogP contribution in [0.5, 0.6) is 0 Å². The molecule has 0 aliphatic carbocycles. The quantitative estimate of drug-likeness (QED) is 0.236. The topological polar surface area (TPSA) is 35.6 Å². The van der Waals surface area contributed by atoms with Crippen LogP contribution in [-0.2, 0) is 0 Å². The summed E-state index contributed by atoms with van der Waals surface area (Å²) in [6, 6.07) is 48.6. The smallest absolute Gasteiger partial charge is 0.235 e. The fourth-order valence-electron chi connectivity index (χ4n) is 5.73. The van der Waals surface area contributed by atoms with E-state index in [1.54, 1.807) is 0 Å². The van der Waals surface area contributed by atoms with Gasteiger partial charge in [-0.1, -0.05) is 109 Å². The Morgan fingerprint density at radius 1 is 0.450 bits per heavy atom. The number of fused-ring (bicyclic) bond motifs is 4. The molecule has 0 atom stereocenters. The summed E-state index contributed by atoms with van der Waals surface area (Å²) >= 11 is 0. The third-order valence-electron chi connectivity index (χ3n) is 7.60. The molecule has 3 aromatic heterocycles. The van der Waals surface area contributed by atoms with Gasteiger partial charge in [-0.2, -0.15) is 0 Å². The first-order chi connectivity index (χ1) is 19.8. The summed E-state index contributed by atoms with van der Waals surface area (Å²) < 4.78 is 4.37. The molecule has 40 heavy (non-hydrogen) atoms. The van der Waals surface area contributed by atoms with Crippen LogP contribution in [0.2, 0.25) is 0 Å². The monoisotopic (exact) mass is 512 g/mol. The van der Waals surface area contributed by atoms with E-state index < -0.39 is 0 Å². The molecule has 0 radical (unpaired) electrons. The lowest BCUT2D eigenvalue weighted by molar-refractivity contribution is 1.01. The van der Waals surface area contributed by atoms with Gasteiger partial charge < -0.3 is 4.57 Å². The molecule has 0 spiro atoms. The average molecular weight is 513 g/mol. The first-order valence-corrected chi connectivity index (χ1v) is 13.4. The van der Waals surface area contributed by atoms with Crippen molar-refractivity contribution in [3.8, 4) is 34.0 Å². The van der Waals surface area contributed by atoms with Crippen LogP contribution in [-0.4, -0.2) is 19.1 Å². The van der Waals surface area contributed by atoms with Crippen LogP contribution in [0.15, 0.2) is 146 Å². The average Bonchev–Trinajstić information content (AvgIpc) is 3.61. The fourth-order valence-corrected chi connectivity index (χ4v) is 5.73. The van der Waals surface area contributed by atoms with Crippen LogP contribution in [0, 0.1) is 0 Å². The molecule has 5 aromatic carbocycles. The lowest BCUT2D eigenvalue weighted by atomic mass is 10.0. The van der Waals surface area contributed by atoms with Crippen LogP contribution in [0.1, 0.15) is 0 Å². The van der Waals surface area contributed by atoms with E-state index in [-0.39, 0.29) is 0 Å². The molecule has 4 nitrogen and oxygen atoms in total. The van der Waals surface area contributed by atoms with E-state index in [0.717, 1.165) is 39.0 Å². The molecule has 3 heterocycles. The van der Waals surface area contributed by atoms with Gasteiger partial charge in [0.05, 0.1) is 22.1 Å². The summed E-state index contributed by atoms with van der Waals surface area (Å²) in [4.78, 5) is 10.5. The molecule has 0 unspecified atom stereocenters. The van der Waals surface area contributed by atoms with Crippen molar-refractivity contribution in [3.63, 3.8) is 0 Å². The summed E-state index contributed by atoms with van der Waals surface area (Å²) in [7, 11) is 0. The van der Waals surface area contributed by atoms with Crippen molar-refractivity contribution in [3.05, 3.63) is 146 Å². The standard InChI is InChI=1S/C36H24N4/c1-3-11-25(12-4-1)26-19-21-27(22-20-26)34-35-31(23-24-39(35)28-13-5-2-6-14-28)37-36(38-34)40-32-17-9-7-15-29(32)30-16-8-10-18-33(30)40/h1-24H. The van der Waals surface area contributed by atoms with E-state index >= 15 is 0 Å². The second-order valence-electron chi connectivity index (χ2n) is 9.94. The van der Waals surface area contributed by atoms with Gasteiger partial charge in [0, 0.05) is 28.2 Å². The SMILES string of the molecule is c1ccc(-c2ccc(-c3nc(-n4c5ccccc5c5ccccc54)nc4ccn(-c5ccccc5)c34)cc2)cc1. The highest BCUT2D eigenvalue weighted by Crippen LogP contribution is 2.35. The highest BCUT2D eigenvalue weighted by molar-refractivity contribution is 6.09. The van der Waals surface area contributed by atoms with E-state index in [1.807, 2.05) is 12.1 Å². The number of para-hydroxylation sites is 3. The maximum atomic E-state index is 5.31. The van der Waals surface area contributed by atoms with Crippen molar-refractivity contribution in [1.29, 1.82) is 0 Å². The van der Waals surface area contributed by atoms with Gasteiger partial charge in [-0.05, 0) is 41.5 Å². The van der Waals surface area contributed by atoms with Crippen LogP contribution in [0.4, 0.5) is 0 Å². The van der Waals surface area contributed by atoms with E-state index in [9.17, 15) is 0 Å². The minimum atomic E-state index is 0.665. The molecule has 0 saturated carbocycles. The van der Waals surface area contributed by atoms with Crippen molar-refractivity contribution >= 4 is 32.8 Å². The molecule has 0 N–H and O–H groups in total. The highest BCUT2D eigenvalue weighted by atomic mass is 15.2. The van der Waals surface area contributed by atoms with Crippen molar-refractivity contribution in [2.45, 2.75) is 0 Å². The summed E-state index contributed by atoms with van der Waals surface area (Å²) in [5.41, 5.74) is 9.47. The van der Waals surface area contributed by atoms with Crippen molar-refractivity contribution in [1.82, 2.24) is 19.1 Å². The second-order valence-corrected chi connectivity index (χ2v) is 9.94. The van der Waals surface area contributed by atoms with Crippen LogP contribution in [0.3, 0.4) is 0 Å². The molecule has 8 aromatic rings. The maximum absolute atomic E-state index is 5.31. The Bertz CT molecular complexity index is 2080. The van der Waals surface area contributed by atoms with E-state index in [1.165, 1.54) is 21.9 Å². The van der Waals surface area contributed by atoms with Crippen molar-refractivity contribution in [2.24, 2.45) is 0 Å². The molecule has 0 fully saturated rings. The largest absolute Gasteiger partial charge is 0.313 e. The molecule has 4 heteroatoms. The Labute approximate surface area is 231 Å². The van der Waals surface area contributed by atoms with Gasteiger partial charge in [0.25, 0.3) is 0 Å². The van der Waals surface area contributed by atoms with Gasteiger partial charge in [-0.3, -0.25) is 4.57 Å². The third kappa shape index (κ3) is 3.54. The summed E-state index contributed by atoms with van der Waals surface area (Å²) in [5, 5.41) is 2.38. The zero-order valence-corrected chi connectivity index (χ0v) is 21.6. The van der Waals surface area contributed by atoms with Crippen LogP contribution < -0.4 is 0 Å². The molecule has 8 rings (SSSR count). The van der Waals surface area contributed by atoms with Crippen molar-refractivity contribution < 1.29 is 0 Å². The zero-order chi connectivity index (χ0) is 26.5. The summed E-state index contributed by atoms with van der Waals surface area (Å²) in [6.07, 6.45) is 2.09. The maximum Gasteiger partial charge on any atom is 0.235 e. The predicted octanol–water partition coefficient (Wildman–Crippen LogP) is 8.85. The van der Waals surface area contributed by atoms with E-state index in [2.05, 4.69) is 143 Å². The third-order valence-corrected chi connectivity index (χ3v) is 7.60. The number of nitrogens with zero attached hydrogens (tertiary/aromatic N) is 4. The zero-order valence-electron chi connectivity index (χ0n) is 21.6. The molecule has 0 aliphatic heterocycles. The molecule has 0 aliphatic rings. The number of benzene rings is 5. The number of rotatable bonds is 4. The molecule has 188 valence electrons. The van der Waals surface area contributed by atoms with E-state index in [4.69, 9.17) is 9.97 Å². The van der Waals surface area contributed by atoms with Gasteiger partial charge in [0.15, 0.2) is 0 Å². The Morgan fingerprint density at radius 2 is 1.00 bits per heavy atom. The number of hydrogen-bond acceptors (Lipinski definition) is 2. The van der Waals surface area contributed by atoms with Gasteiger partial charge >= 0.3 is 0 Å². The normalized spacial score (nSPS) is 11.5. The molecular weight excluding hydrogens is 488 g/mol. The summed E-state index contributed by atoms with van der Waals surface area (Å²) in [5.74, 6) is 0.665. The molecule has 0 amide bonds. The number of hydrogen-bond donors (Lipinski definition) is 0.